The number of nitriles is 1. The highest BCUT2D eigenvalue weighted by Crippen LogP contribution is 2.30. The predicted octanol–water partition coefficient (Wildman–Crippen LogP) is 0.772. The lowest BCUT2D eigenvalue weighted by molar-refractivity contribution is -0.0893. The van der Waals surface area contributed by atoms with Crippen molar-refractivity contribution in [1.82, 2.24) is 5.32 Å². The maximum absolute atomic E-state index is 12.2. The lowest BCUT2D eigenvalue weighted by Crippen LogP contribution is -2.29. The number of hydrogen-bond donors (Lipinski definition) is 2. The average molecular weight is 189 g/mol. The molecule has 0 aromatic rings. The molecule has 0 spiro atoms. The molecule has 0 atom stereocenters. The normalized spacial score (nSPS) is 17.5. The van der Waals surface area contributed by atoms with Crippen molar-refractivity contribution in [2.24, 2.45) is 5.73 Å². The molecule has 0 aromatic carbocycles. The van der Waals surface area contributed by atoms with Gasteiger partial charge < -0.3 is 11.1 Å². The van der Waals surface area contributed by atoms with Crippen LogP contribution in [0, 0.1) is 11.3 Å². The highest BCUT2D eigenvalue weighted by atomic mass is 19.4. The number of nitrogens with two attached hydrogens (primary N) is 1. The van der Waals surface area contributed by atoms with Gasteiger partial charge in [0, 0.05) is 5.70 Å². The quantitative estimate of drug-likeness (QED) is 0.591. The molecule has 6 heteroatoms. The third-order valence-electron chi connectivity index (χ3n) is 1.49. The Labute approximate surface area is 72.3 Å². The van der Waals surface area contributed by atoms with E-state index in [2.05, 4.69) is 5.32 Å². The maximum atomic E-state index is 12.2. The molecule has 0 amide bonds. The summed E-state index contributed by atoms with van der Waals surface area (Å²) in [5, 5.41) is 10.7. The van der Waals surface area contributed by atoms with Gasteiger partial charge in [-0.15, -0.1) is 0 Å². The molecule has 0 aromatic heterocycles. The minimum absolute atomic E-state index is 0.0614. The first kappa shape index (κ1) is 9.45. The molecule has 1 aliphatic heterocycles. The summed E-state index contributed by atoms with van der Waals surface area (Å²) in [6.07, 6.45) is -3.77. The zero-order chi connectivity index (χ0) is 10.1. The maximum Gasteiger partial charge on any atom is 0.419 e. The standard InChI is InChI=1S/C7H6F3N3/c8-7(9,10)5-1-4(12)3-13-6(5)2-11/h1,13H,3,12H2. The number of nitrogens with one attached hydrogen (secondary N) is 1. The van der Waals surface area contributed by atoms with Crippen LogP contribution in [-0.2, 0) is 0 Å². The van der Waals surface area contributed by atoms with Crippen LogP contribution in [0.4, 0.5) is 13.2 Å². The summed E-state index contributed by atoms with van der Waals surface area (Å²) in [6.45, 7) is 0.0719. The van der Waals surface area contributed by atoms with Crippen molar-refractivity contribution in [1.29, 1.82) is 5.26 Å². The fourth-order valence-electron chi connectivity index (χ4n) is 0.918. The highest BCUT2D eigenvalue weighted by Gasteiger charge is 2.36. The Bertz CT molecular complexity index is 319. The van der Waals surface area contributed by atoms with E-state index in [9.17, 15) is 13.2 Å². The summed E-state index contributed by atoms with van der Waals surface area (Å²) in [6, 6.07) is 1.43. The van der Waals surface area contributed by atoms with Crippen molar-refractivity contribution in [3.8, 4) is 6.07 Å². The largest absolute Gasteiger partial charge is 0.419 e. The van der Waals surface area contributed by atoms with Gasteiger partial charge in [0.05, 0.1) is 12.1 Å². The zero-order valence-corrected chi connectivity index (χ0v) is 6.44. The van der Waals surface area contributed by atoms with E-state index >= 15 is 0 Å². The Morgan fingerprint density at radius 3 is 2.62 bits per heavy atom. The second-order valence-electron chi connectivity index (χ2n) is 2.47. The Hall–Kier alpha value is -1.64. The second-order valence-corrected chi connectivity index (χ2v) is 2.47. The Morgan fingerprint density at radius 1 is 1.54 bits per heavy atom. The first-order valence-corrected chi connectivity index (χ1v) is 3.36. The number of alkyl halides is 3. The first-order valence-electron chi connectivity index (χ1n) is 3.36. The van der Waals surface area contributed by atoms with Crippen molar-refractivity contribution in [3.63, 3.8) is 0 Å². The third-order valence-corrected chi connectivity index (χ3v) is 1.49. The van der Waals surface area contributed by atoms with Gasteiger partial charge in [0.2, 0.25) is 0 Å². The molecular formula is C7H6F3N3. The Morgan fingerprint density at radius 2 is 2.15 bits per heavy atom. The van der Waals surface area contributed by atoms with E-state index in [4.69, 9.17) is 11.0 Å². The lowest BCUT2D eigenvalue weighted by Gasteiger charge is -2.17. The summed E-state index contributed by atoms with van der Waals surface area (Å²) in [4.78, 5) is 0. The lowest BCUT2D eigenvalue weighted by atomic mass is 10.1. The van der Waals surface area contributed by atoms with Gasteiger partial charge in [0.25, 0.3) is 0 Å². The van der Waals surface area contributed by atoms with Crippen LogP contribution >= 0.6 is 0 Å². The smallest absolute Gasteiger partial charge is 0.401 e. The van der Waals surface area contributed by atoms with Crippen molar-refractivity contribution in [3.05, 3.63) is 23.0 Å². The molecule has 3 N–H and O–H groups in total. The highest BCUT2D eigenvalue weighted by molar-refractivity contribution is 5.41. The van der Waals surface area contributed by atoms with Crippen LogP contribution in [0.15, 0.2) is 23.0 Å². The van der Waals surface area contributed by atoms with Gasteiger partial charge in [-0.25, -0.2) is 0 Å². The summed E-state index contributed by atoms with van der Waals surface area (Å²) in [5.74, 6) is 0. The van der Waals surface area contributed by atoms with Crippen LogP contribution in [0.1, 0.15) is 0 Å². The fraction of sp³-hybridized carbons (Fsp3) is 0.286. The van der Waals surface area contributed by atoms with Crippen LogP contribution in [0.2, 0.25) is 0 Å². The minimum Gasteiger partial charge on any atom is -0.401 e. The Kier molecular flexibility index (Phi) is 2.19. The predicted molar refractivity (Wildman–Crippen MR) is 39.0 cm³/mol. The van der Waals surface area contributed by atoms with E-state index in [0.29, 0.717) is 0 Å². The molecule has 70 valence electrons. The molecule has 0 unspecified atom stereocenters. The molecule has 1 aliphatic rings. The Balaban J connectivity index is 3.15. The van der Waals surface area contributed by atoms with Gasteiger partial charge >= 0.3 is 6.18 Å². The monoisotopic (exact) mass is 189 g/mol. The third kappa shape index (κ3) is 1.93. The van der Waals surface area contributed by atoms with E-state index in [1.807, 2.05) is 0 Å². The molecule has 0 bridgehead atoms. The van der Waals surface area contributed by atoms with Crippen LogP contribution in [-0.4, -0.2) is 12.7 Å². The van der Waals surface area contributed by atoms with Crippen LogP contribution < -0.4 is 11.1 Å². The first-order chi connectivity index (χ1) is 5.95. The van der Waals surface area contributed by atoms with E-state index in [0.717, 1.165) is 6.08 Å². The number of nitrogens with zero attached hydrogens (tertiary/aromatic N) is 1. The minimum atomic E-state index is -4.54. The summed E-state index contributed by atoms with van der Waals surface area (Å²) >= 11 is 0. The van der Waals surface area contributed by atoms with Crippen LogP contribution in [0.5, 0.6) is 0 Å². The zero-order valence-electron chi connectivity index (χ0n) is 6.44. The molecule has 1 heterocycles. The van der Waals surface area contributed by atoms with Crippen molar-refractivity contribution in [2.75, 3.05) is 6.54 Å². The number of allylic oxidation sites excluding steroid dienone is 3. The molecule has 0 radical (unpaired) electrons. The summed E-state index contributed by atoms with van der Waals surface area (Å²) in [5.41, 5.74) is 3.76. The number of dihydropyridines is 1. The van der Waals surface area contributed by atoms with Gasteiger partial charge in [0.15, 0.2) is 0 Å². The molecule has 0 saturated heterocycles. The fourth-order valence-corrected chi connectivity index (χ4v) is 0.918. The number of halogens is 3. The summed E-state index contributed by atoms with van der Waals surface area (Å²) < 4.78 is 36.6. The molecule has 0 aliphatic carbocycles. The SMILES string of the molecule is N#CC1=C(C(F)(F)F)C=C(N)CN1. The van der Waals surface area contributed by atoms with Crippen molar-refractivity contribution >= 4 is 0 Å². The van der Waals surface area contributed by atoms with Gasteiger partial charge in [-0.3, -0.25) is 0 Å². The second kappa shape index (κ2) is 3.01. The van der Waals surface area contributed by atoms with Gasteiger partial charge in [0.1, 0.15) is 11.8 Å². The van der Waals surface area contributed by atoms with E-state index in [1.54, 1.807) is 0 Å². The molecule has 0 saturated carbocycles. The molecule has 1 rings (SSSR count). The van der Waals surface area contributed by atoms with Crippen LogP contribution in [0.25, 0.3) is 0 Å². The van der Waals surface area contributed by atoms with E-state index in [-0.39, 0.29) is 12.2 Å². The topological polar surface area (TPSA) is 61.8 Å². The average Bonchev–Trinajstić information content (AvgIpc) is 2.03. The molecule has 0 fully saturated rings. The van der Waals surface area contributed by atoms with Crippen molar-refractivity contribution < 1.29 is 13.2 Å². The van der Waals surface area contributed by atoms with Gasteiger partial charge in [-0.1, -0.05) is 0 Å². The number of hydrogen-bond acceptors (Lipinski definition) is 3. The molecule has 13 heavy (non-hydrogen) atoms. The molecular weight excluding hydrogens is 183 g/mol. The van der Waals surface area contributed by atoms with E-state index in [1.165, 1.54) is 6.07 Å². The summed E-state index contributed by atoms with van der Waals surface area (Å²) in [7, 11) is 0. The van der Waals surface area contributed by atoms with Crippen LogP contribution in [0.3, 0.4) is 0 Å². The molecule has 3 nitrogen and oxygen atoms in total. The van der Waals surface area contributed by atoms with E-state index < -0.39 is 17.4 Å². The van der Waals surface area contributed by atoms with Gasteiger partial charge in [-0.2, -0.15) is 18.4 Å². The van der Waals surface area contributed by atoms with Gasteiger partial charge in [-0.05, 0) is 6.08 Å². The number of rotatable bonds is 0. The van der Waals surface area contributed by atoms with Crippen molar-refractivity contribution in [2.45, 2.75) is 6.18 Å².